The summed E-state index contributed by atoms with van der Waals surface area (Å²) in [6, 6.07) is 0. The maximum atomic E-state index is 10.9. The van der Waals surface area contributed by atoms with Crippen molar-refractivity contribution in [2.24, 2.45) is 0 Å². The fourth-order valence-electron chi connectivity index (χ4n) is 8.61. The molecule has 6 nitrogen and oxygen atoms in total. The van der Waals surface area contributed by atoms with Gasteiger partial charge >= 0.3 is 25.8 Å². The summed E-state index contributed by atoms with van der Waals surface area (Å²) in [7, 11) is -8.98. The molecular formula is C57H117O6S3Sc. The van der Waals surface area contributed by atoms with E-state index in [9.17, 15) is 25.3 Å². The molecule has 67 heavy (non-hydrogen) atoms. The zero-order valence-electron chi connectivity index (χ0n) is 45.4. The van der Waals surface area contributed by atoms with Crippen molar-refractivity contribution in [1.82, 2.24) is 0 Å². The first kappa shape index (κ1) is 74.2. The summed E-state index contributed by atoms with van der Waals surface area (Å²) in [4.78, 5) is 0. The Labute approximate surface area is 442 Å². The summed E-state index contributed by atoms with van der Waals surface area (Å²) in [5.41, 5.74) is 0. The summed E-state index contributed by atoms with van der Waals surface area (Å²) < 4.78 is 65.2. The third-order valence-electron chi connectivity index (χ3n) is 12.9. The van der Waals surface area contributed by atoms with Gasteiger partial charge in [0.15, 0.2) is 0 Å². The molecule has 0 spiro atoms. The van der Waals surface area contributed by atoms with Crippen LogP contribution in [0.5, 0.6) is 0 Å². The van der Waals surface area contributed by atoms with E-state index in [0.29, 0.717) is 0 Å². The fourth-order valence-corrected chi connectivity index (χ4v) is 10.5. The molecule has 0 aliphatic rings. The topological polar surface area (TPSA) is 102 Å². The second-order valence-electron chi connectivity index (χ2n) is 20.3. The third-order valence-corrected chi connectivity index (χ3v) is 15.7. The van der Waals surface area contributed by atoms with Crippen molar-refractivity contribution in [3.05, 3.63) is 18.8 Å². The van der Waals surface area contributed by atoms with E-state index in [0.717, 1.165) is 38.5 Å². The SMILES string of the molecule is [CH2-]S(=O)(=O)CCCCCCCCCCCCCCCCCC.[CH2-]S(=O)(=O)CCCCCCCCCCCCCCCCCC.[CH2-]S(=O)(=O)CCCCCCCCCCCCCCCCCC.[Sc+3]. The maximum absolute atomic E-state index is 10.9. The molecule has 0 saturated carbocycles. The van der Waals surface area contributed by atoms with E-state index < -0.39 is 29.5 Å². The van der Waals surface area contributed by atoms with Gasteiger partial charge in [-0.3, -0.25) is 25.3 Å². The van der Waals surface area contributed by atoms with Crippen molar-refractivity contribution in [1.29, 1.82) is 0 Å². The van der Waals surface area contributed by atoms with Crippen LogP contribution in [-0.2, 0) is 55.4 Å². The molecule has 0 aromatic rings. The van der Waals surface area contributed by atoms with Crippen LogP contribution in [0.3, 0.4) is 0 Å². The molecule has 0 unspecified atom stereocenters. The number of hydrogen-bond acceptors (Lipinski definition) is 6. The van der Waals surface area contributed by atoms with E-state index in [1.54, 1.807) is 0 Å². The van der Waals surface area contributed by atoms with Crippen LogP contribution in [0, 0.1) is 18.8 Å². The first-order chi connectivity index (χ1) is 31.7. The average Bonchev–Trinajstić information content (AvgIpc) is 3.25. The summed E-state index contributed by atoms with van der Waals surface area (Å²) in [6.07, 6.45) is 72.4. The minimum atomic E-state index is -2.99. The molecule has 0 N–H and O–H groups in total. The molecule has 0 aliphatic carbocycles. The molecule has 0 atom stereocenters. The van der Waals surface area contributed by atoms with Crippen molar-refractivity contribution in [2.45, 2.75) is 329 Å². The average molecular weight is 1040 g/mol. The van der Waals surface area contributed by atoms with E-state index in [1.165, 1.54) is 270 Å². The Morgan fingerprint density at radius 3 is 0.373 bits per heavy atom. The third kappa shape index (κ3) is 83.9. The summed E-state index contributed by atoms with van der Waals surface area (Å²) in [5, 5.41) is 0. The molecule has 0 aromatic carbocycles. The summed E-state index contributed by atoms with van der Waals surface area (Å²) in [5.74, 6) is 0.766. The normalized spacial score (nSPS) is 11.7. The van der Waals surface area contributed by atoms with Crippen molar-refractivity contribution in [3.63, 3.8) is 0 Å². The first-order valence-corrected chi connectivity index (χ1v) is 34.3. The van der Waals surface area contributed by atoms with Gasteiger partial charge in [0, 0.05) is 46.8 Å². The predicted octanol–water partition coefficient (Wildman–Crippen LogP) is 19.4. The van der Waals surface area contributed by atoms with Gasteiger partial charge in [-0.25, -0.2) is 18.8 Å². The van der Waals surface area contributed by atoms with E-state index in [2.05, 4.69) is 39.5 Å². The van der Waals surface area contributed by atoms with Crippen LogP contribution in [0.15, 0.2) is 0 Å². The molecule has 0 aliphatic heterocycles. The molecule has 0 saturated heterocycles. The maximum Gasteiger partial charge on any atom is 3.00 e. The largest absolute Gasteiger partial charge is 3.00 e. The molecule has 0 bridgehead atoms. The van der Waals surface area contributed by atoms with E-state index in [-0.39, 0.29) is 43.1 Å². The minimum absolute atomic E-state index is 0. The van der Waals surface area contributed by atoms with E-state index in [1.807, 2.05) is 0 Å². The van der Waals surface area contributed by atoms with Gasteiger partial charge in [-0.1, -0.05) is 310 Å². The number of sulfone groups is 3. The van der Waals surface area contributed by atoms with Crippen LogP contribution in [-0.4, -0.2) is 42.5 Å². The number of unbranched alkanes of at least 4 members (excludes halogenated alkanes) is 45. The van der Waals surface area contributed by atoms with Crippen LogP contribution >= 0.6 is 0 Å². The van der Waals surface area contributed by atoms with Crippen molar-refractivity contribution >= 4 is 29.5 Å². The second-order valence-corrected chi connectivity index (χ2v) is 25.9. The molecular weight excluding hydrogens is 922 g/mol. The van der Waals surface area contributed by atoms with Crippen LogP contribution in [0.2, 0.25) is 0 Å². The molecule has 0 amide bonds. The van der Waals surface area contributed by atoms with Crippen LogP contribution < -0.4 is 0 Å². The van der Waals surface area contributed by atoms with Gasteiger partial charge in [-0.2, -0.15) is 0 Å². The Bertz CT molecular complexity index is 1090. The number of rotatable bonds is 51. The first-order valence-electron chi connectivity index (χ1n) is 28.9. The van der Waals surface area contributed by atoms with Gasteiger partial charge in [0.05, 0.1) is 0 Å². The van der Waals surface area contributed by atoms with Gasteiger partial charge in [0.1, 0.15) is 0 Å². The van der Waals surface area contributed by atoms with E-state index >= 15 is 0 Å². The molecule has 0 heterocycles. The Morgan fingerprint density at radius 1 is 0.194 bits per heavy atom. The second kappa shape index (κ2) is 59.3. The minimum Gasteiger partial charge on any atom is -0.263 e. The molecule has 402 valence electrons. The zero-order chi connectivity index (χ0) is 49.6. The molecule has 0 fully saturated rings. The van der Waals surface area contributed by atoms with Crippen LogP contribution in [0.25, 0.3) is 0 Å². The Balaban J connectivity index is -0.000000441. The molecule has 0 radical (unpaired) electrons. The number of hydrogen-bond donors (Lipinski definition) is 0. The van der Waals surface area contributed by atoms with Gasteiger partial charge < -0.3 is 0 Å². The fraction of sp³-hybridized carbons (Fsp3) is 0.947. The van der Waals surface area contributed by atoms with Gasteiger partial charge in [0.25, 0.3) is 0 Å². The summed E-state index contributed by atoms with van der Waals surface area (Å²) >= 11 is 0. The van der Waals surface area contributed by atoms with Gasteiger partial charge in [0.2, 0.25) is 0 Å². The van der Waals surface area contributed by atoms with Crippen molar-refractivity contribution < 1.29 is 51.1 Å². The predicted molar refractivity (Wildman–Crippen MR) is 296 cm³/mol. The zero-order valence-corrected chi connectivity index (χ0v) is 49.7. The standard InChI is InChI=1S/3C19H39O2S.Sc/c3*1-3-4-5-6-7-8-9-10-11-12-13-14-15-16-17-18-19-22(2,20)21;/h3*2-19H2,1H3;/q3*-1;+3. The van der Waals surface area contributed by atoms with Gasteiger partial charge in [-0.05, 0) is 19.3 Å². The molecule has 0 rings (SSSR count). The Hall–Kier alpha value is 0.720. The quantitative estimate of drug-likeness (QED) is 0.0444. The van der Waals surface area contributed by atoms with Crippen LogP contribution in [0.1, 0.15) is 329 Å². The smallest absolute Gasteiger partial charge is 0.263 e. The Kier molecular flexibility index (Phi) is 65.7. The van der Waals surface area contributed by atoms with Crippen LogP contribution in [0.4, 0.5) is 0 Å². The Morgan fingerprint density at radius 2 is 0.284 bits per heavy atom. The molecule has 10 heteroatoms. The molecule has 0 aromatic heterocycles. The van der Waals surface area contributed by atoms with Crippen molar-refractivity contribution in [2.75, 3.05) is 17.3 Å². The van der Waals surface area contributed by atoms with Crippen molar-refractivity contribution in [3.8, 4) is 0 Å². The summed E-state index contributed by atoms with van der Waals surface area (Å²) in [6.45, 7) is 6.81. The van der Waals surface area contributed by atoms with E-state index in [4.69, 9.17) is 0 Å². The van der Waals surface area contributed by atoms with Gasteiger partial charge in [-0.15, -0.1) is 0 Å². The monoisotopic (exact) mass is 1040 g/mol.